The highest BCUT2D eigenvalue weighted by atomic mass is 16.7. The number of benzene rings is 2. The van der Waals surface area contributed by atoms with Gasteiger partial charge in [-0.05, 0) is 74.1 Å². The van der Waals surface area contributed by atoms with Crippen LogP contribution in [-0.2, 0) is 9.53 Å². The third-order valence-electron chi connectivity index (χ3n) is 5.16. The second-order valence-corrected chi connectivity index (χ2v) is 7.80. The van der Waals surface area contributed by atoms with Gasteiger partial charge in [0.1, 0.15) is 0 Å². The van der Waals surface area contributed by atoms with E-state index >= 15 is 0 Å². The molecule has 1 heterocycles. The Morgan fingerprint density at radius 1 is 1.06 bits per heavy atom. The Hall–Kier alpha value is -3.92. The zero-order valence-corrected chi connectivity index (χ0v) is 19.6. The lowest BCUT2D eigenvalue weighted by Gasteiger charge is -2.12. The number of unbranched alkanes of at least 4 members (excludes halogenated alkanes) is 3. The van der Waals surface area contributed by atoms with Gasteiger partial charge in [0.15, 0.2) is 28.7 Å². The number of carbonyl (C=O) groups excluding carboxylic acids is 1. The number of carbonyl (C=O) groups is 1. The summed E-state index contributed by atoms with van der Waals surface area (Å²) in [6, 6.07) is 11.1. The summed E-state index contributed by atoms with van der Waals surface area (Å²) < 4.78 is 27.2. The highest BCUT2D eigenvalue weighted by molar-refractivity contribution is 5.87. The maximum Gasteiger partial charge on any atom is 0.333 e. The number of nitrogens with zero attached hydrogens (tertiary/aromatic N) is 1. The number of methoxy groups -OCH3 is 1. The zero-order chi connectivity index (χ0) is 24.3. The van der Waals surface area contributed by atoms with Crippen LogP contribution in [0.15, 0.2) is 48.6 Å². The minimum Gasteiger partial charge on any atom is -0.493 e. The van der Waals surface area contributed by atoms with E-state index in [0.717, 1.165) is 36.8 Å². The molecule has 7 nitrogen and oxygen atoms in total. The van der Waals surface area contributed by atoms with E-state index in [4.69, 9.17) is 30.3 Å². The number of fused-ring (bicyclic) bond motifs is 1. The molecule has 0 saturated heterocycles. The lowest BCUT2D eigenvalue weighted by molar-refractivity contribution is -0.139. The minimum absolute atomic E-state index is 0.194. The van der Waals surface area contributed by atoms with Crippen molar-refractivity contribution in [2.45, 2.75) is 32.6 Å². The van der Waals surface area contributed by atoms with Crippen molar-refractivity contribution in [1.82, 2.24) is 0 Å². The van der Waals surface area contributed by atoms with Crippen LogP contribution in [0.3, 0.4) is 0 Å². The molecule has 0 N–H and O–H groups in total. The average molecular weight is 464 g/mol. The van der Waals surface area contributed by atoms with Gasteiger partial charge in [-0.2, -0.15) is 0 Å². The smallest absolute Gasteiger partial charge is 0.333 e. The van der Waals surface area contributed by atoms with Gasteiger partial charge in [0.05, 0.1) is 26.9 Å². The van der Waals surface area contributed by atoms with Crippen molar-refractivity contribution in [2.75, 3.05) is 27.1 Å². The molecule has 7 heteroatoms. The summed E-state index contributed by atoms with van der Waals surface area (Å²) in [5.41, 5.74) is 2.50. The van der Waals surface area contributed by atoms with Crippen LogP contribution in [0, 0.1) is 6.57 Å². The number of hydrogen-bond acceptors (Lipinski definition) is 6. The van der Waals surface area contributed by atoms with E-state index in [2.05, 4.69) is 11.4 Å². The Labute approximate surface area is 200 Å². The van der Waals surface area contributed by atoms with Crippen molar-refractivity contribution in [3.05, 3.63) is 71.1 Å². The third kappa shape index (κ3) is 6.79. The number of hydrogen-bond donors (Lipinski definition) is 0. The summed E-state index contributed by atoms with van der Waals surface area (Å²) in [7, 11) is 1.59. The van der Waals surface area contributed by atoms with E-state index in [9.17, 15) is 4.79 Å². The lowest BCUT2D eigenvalue weighted by Crippen LogP contribution is -2.06. The molecule has 0 aliphatic carbocycles. The standard InChI is InChI=1S/C27H29NO6/c1-19(2)27(29)32-14-8-6-5-7-13-31-23-11-9-20(16-25(23)30-4)15-22(28-3)21-10-12-24-26(17-21)34-18-33-24/h9-12,15-17H,1,5-8,13-14,18H2,2,4H3/b22-15-. The van der Waals surface area contributed by atoms with Crippen molar-refractivity contribution < 1.29 is 28.5 Å². The topological polar surface area (TPSA) is 67.6 Å². The van der Waals surface area contributed by atoms with Crippen LogP contribution in [-0.4, -0.2) is 33.1 Å². The fourth-order valence-corrected chi connectivity index (χ4v) is 3.31. The first-order valence-corrected chi connectivity index (χ1v) is 11.1. The molecule has 178 valence electrons. The first kappa shape index (κ1) is 24.7. The van der Waals surface area contributed by atoms with Crippen LogP contribution in [0.2, 0.25) is 0 Å². The van der Waals surface area contributed by atoms with Gasteiger partial charge in [0, 0.05) is 5.57 Å². The summed E-state index contributed by atoms with van der Waals surface area (Å²) in [5.74, 6) is 2.25. The quantitative estimate of drug-likeness (QED) is 0.128. The lowest BCUT2D eigenvalue weighted by atomic mass is 10.1. The summed E-state index contributed by atoms with van der Waals surface area (Å²) in [6.07, 6.45) is 5.42. The SMILES string of the molecule is [C-]#[N+]/C(=C\c1ccc(OCCCCCCOC(=O)C(=C)C)c(OC)c1)c1ccc2c(c1)OCO2. The monoisotopic (exact) mass is 463 g/mol. The zero-order valence-electron chi connectivity index (χ0n) is 19.6. The molecule has 3 rings (SSSR count). The highest BCUT2D eigenvalue weighted by Crippen LogP contribution is 2.36. The maximum absolute atomic E-state index is 11.3. The molecule has 2 aromatic rings. The fourth-order valence-electron chi connectivity index (χ4n) is 3.31. The second kappa shape index (κ2) is 12.4. The van der Waals surface area contributed by atoms with Gasteiger partial charge in [-0.3, -0.25) is 0 Å². The first-order valence-electron chi connectivity index (χ1n) is 11.1. The summed E-state index contributed by atoms with van der Waals surface area (Å²) in [4.78, 5) is 15.0. The fraction of sp³-hybridized carbons (Fsp3) is 0.333. The molecule has 0 saturated carbocycles. The molecule has 34 heavy (non-hydrogen) atoms. The molecule has 0 fully saturated rings. The number of ether oxygens (including phenoxy) is 5. The first-order chi connectivity index (χ1) is 16.5. The van der Waals surface area contributed by atoms with Gasteiger partial charge in [-0.1, -0.05) is 18.7 Å². The molecule has 0 amide bonds. The van der Waals surface area contributed by atoms with Crippen molar-refractivity contribution >= 4 is 17.7 Å². The summed E-state index contributed by atoms with van der Waals surface area (Å²) in [5, 5.41) is 0. The maximum atomic E-state index is 11.3. The highest BCUT2D eigenvalue weighted by Gasteiger charge is 2.15. The van der Waals surface area contributed by atoms with Crippen molar-refractivity contribution in [3.63, 3.8) is 0 Å². The molecule has 0 radical (unpaired) electrons. The predicted octanol–water partition coefficient (Wildman–Crippen LogP) is 5.90. The van der Waals surface area contributed by atoms with E-state index < -0.39 is 0 Å². The van der Waals surface area contributed by atoms with Crippen LogP contribution in [0.5, 0.6) is 23.0 Å². The van der Waals surface area contributed by atoms with Crippen LogP contribution >= 0.6 is 0 Å². The van der Waals surface area contributed by atoms with Gasteiger partial charge in [0.25, 0.3) is 0 Å². The van der Waals surface area contributed by atoms with Crippen LogP contribution in [0.25, 0.3) is 16.6 Å². The van der Waals surface area contributed by atoms with E-state index in [-0.39, 0.29) is 12.8 Å². The molecule has 0 unspecified atom stereocenters. The van der Waals surface area contributed by atoms with E-state index in [0.29, 0.717) is 47.5 Å². The molecule has 1 aliphatic rings. The molecular weight excluding hydrogens is 434 g/mol. The second-order valence-electron chi connectivity index (χ2n) is 7.80. The Kier molecular flexibility index (Phi) is 8.98. The van der Waals surface area contributed by atoms with E-state index in [1.54, 1.807) is 20.1 Å². The van der Waals surface area contributed by atoms with Gasteiger partial charge in [0.2, 0.25) is 6.79 Å². The number of rotatable bonds is 12. The Balaban J connectivity index is 1.51. The Morgan fingerprint density at radius 2 is 1.82 bits per heavy atom. The van der Waals surface area contributed by atoms with Crippen LogP contribution in [0.1, 0.15) is 43.7 Å². The van der Waals surface area contributed by atoms with Crippen LogP contribution in [0.4, 0.5) is 0 Å². The van der Waals surface area contributed by atoms with Gasteiger partial charge in [-0.15, -0.1) is 0 Å². The van der Waals surface area contributed by atoms with Gasteiger partial charge >= 0.3 is 5.97 Å². The molecular formula is C27H29NO6. The molecule has 0 atom stereocenters. The molecule has 0 spiro atoms. The van der Waals surface area contributed by atoms with Gasteiger partial charge in [-0.25, -0.2) is 9.64 Å². The molecule has 0 bridgehead atoms. The molecule has 2 aromatic carbocycles. The summed E-state index contributed by atoms with van der Waals surface area (Å²) >= 11 is 0. The predicted molar refractivity (Wildman–Crippen MR) is 130 cm³/mol. The summed E-state index contributed by atoms with van der Waals surface area (Å²) in [6.45, 7) is 14.0. The average Bonchev–Trinajstić information content (AvgIpc) is 3.32. The normalized spacial score (nSPS) is 12.1. The molecule has 0 aromatic heterocycles. The van der Waals surface area contributed by atoms with Gasteiger partial charge < -0.3 is 23.7 Å². The van der Waals surface area contributed by atoms with E-state index in [1.165, 1.54) is 0 Å². The molecule has 1 aliphatic heterocycles. The van der Waals surface area contributed by atoms with Crippen LogP contribution < -0.4 is 18.9 Å². The van der Waals surface area contributed by atoms with Crippen molar-refractivity contribution in [1.29, 1.82) is 0 Å². The Morgan fingerprint density at radius 3 is 2.56 bits per heavy atom. The number of esters is 1. The minimum atomic E-state index is -0.340. The third-order valence-corrected chi connectivity index (χ3v) is 5.16. The Bertz CT molecular complexity index is 1100. The van der Waals surface area contributed by atoms with Crippen molar-refractivity contribution in [2.24, 2.45) is 0 Å². The van der Waals surface area contributed by atoms with Crippen molar-refractivity contribution in [3.8, 4) is 23.0 Å². The largest absolute Gasteiger partial charge is 0.493 e. The van der Waals surface area contributed by atoms with E-state index in [1.807, 2.05) is 36.4 Å².